The Hall–Kier alpha value is -2.28. The molecule has 3 rings (SSSR count). The van der Waals surface area contributed by atoms with Gasteiger partial charge in [0.1, 0.15) is 22.8 Å². The van der Waals surface area contributed by atoms with Crippen molar-refractivity contribution in [2.24, 2.45) is 0 Å². The molecule has 0 aliphatic carbocycles. The Kier molecular flexibility index (Phi) is 6.13. The van der Waals surface area contributed by atoms with E-state index in [9.17, 15) is 4.79 Å². The molecular weight excluding hydrogens is 380 g/mol. The minimum Gasteiger partial charge on any atom is -0.492 e. The van der Waals surface area contributed by atoms with Crippen molar-refractivity contribution in [1.82, 2.24) is 14.9 Å². The van der Waals surface area contributed by atoms with E-state index >= 15 is 0 Å². The van der Waals surface area contributed by atoms with Gasteiger partial charge in [0.2, 0.25) is 0 Å². The zero-order valence-corrected chi connectivity index (χ0v) is 17.5. The van der Waals surface area contributed by atoms with Crippen molar-refractivity contribution < 1.29 is 14.3 Å². The van der Waals surface area contributed by atoms with Gasteiger partial charge in [-0.15, -0.1) is 0 Å². The molecule has 1 aliphatic rings. The lowest BCUT2D eigenvalue weighted by Crippen LogP contribution is -2.44. The average molecular weight is 407 g/mol. The highest BCUT2D eigenvalue weighted by atomic mass is 35.5. The highest BCUT2D eigenvalue weighted by molar-refractivity contribution is 6.34. The van der Waals surface area contributed by atoms with Crippen molar-refractivity contribution in [1.29, 1.82) is 0 Å². The molecule has 0 saturated carbocycles. The summed E-state index contributed by atoms with van der Waals surface area (Å²) in [5.41, 5.74) is 1.13. The van der Waals surface area contributed by atoms with Crippen LogP contribution in [0.5, 0.6) is 5.75 Å². The molecule has 2 heterocycles. The molecule has 2 aromatic rings. The Morgan fingerprint density at radius 3 is 2.64 bits per heavy atom. The summed E-state index contributed by atoms with van der Waals surface area (Å²) in [5, 5.41) is 4.74. The lowest BCUT2D eigenvalue weighted by molar-refractivity contribution is 0.0210. The third-order valence-electron chi connectivity index (χ3n) is 4.49. The number of amides is 1. The molecule has 0 bridgehead atoms. The Balaban J connectivity index is 1.70. The number of carbonyl (C=O) groups is 1. The third-order valence-corrected chi connectivity index (χ3v) is 4.80. The number of hydrogen-bond donors (Lipinski definition) is 1. The van der Waals surface area contributed by atoms with Crippen molar-refractivity contribution >= 4 is 34.3 Å². The van der Waals surface area contributed by atoms with Crippen molar-refractivity contribution in [3.8, 4) is 5.75 Å². The minimum atomic E-state index is -0.481. The van der Waals surface area contributed by atoms with Gasteiger partial charge in [0.15, 0.2) is 0 Å². The van der Waals surface area contributed by atoms with Gasteiger partial charge < -0.3 is 19.7 Å². The fourth-order valence-electron chi connectivity index (χ4n) is 3.19. The maximum Gasteiger partial charge on any atom is 0.410 e. The van der Waals surface area contributed by atoms with Crippen LogP contribution in [0.4, 0.5) is 10.5 Å². The normalized spacial score (nSPS) is 15.5. The molecule has 1 N–H and O–H groups in total. The van der Waals surface area contributed by atoms with Crippen LogP contribution in [0.1, 0.15) is 40.5 Å². The molecule has 0 radical (unpaired) electrons. The Morgan fingerprint density at radius 1 is 1.29 bits per heavy atom. The molecule has 1 aliphatic heterocycles. The molecule has 1 aromatic heterocycles. The number of piperidine rings is 1. The largest absolute Gasteiger partial charge is 0.492 e. The fourth-order valence-corrected chi connectivity index (χ4v) is 3.39. The number of anilines is 1. The van der Waals surface area contributed by atoms with E-state index in [4.69, 9.17) is 21.1 Å². The highest BCUT2D eigenvalue weighted by Crippen LogP contribution is 2.33. The van der Waals surface area contributed by atoms with Crippen LogP contribution in [0.3, 0.4) is 0 Å². The first-order chi connectivity index (χ1) is 13.3. The van der Waals surface area contributed by atoms with Crippen molar-refractivity contribution in [3.63, 3.8) is 0 Å². The molecule has 152 valence electrons. The summed E-state index contributed by atoms with van der Waals surface area (Å²) >= 11 is 6.23. The minimum absolute atomic E-state index is 0.221. The number of fused-ring (bicyclic) bond motifs is 1. The number of aromatic nitrogens is 2. The molecule has 1 amide bonds. The summed E-state index contributed by atoms with van der Waals surface area (Å²) in [6.45, 7) is 9.42. The van der Waals surface area contributed by atoms with Crippen LogP contribution < -0.4 is 10.1 Å². The standard InChI is InChI=1S/C20H27ClN4O3/c1-5-27-17-11-15-14(18(21)23-12-22-15)10-16(17)24-13-6-8-25(9-7-13)19(26)28-20(2,3)4/h10-13,24H,5-9H2,1-4H3. The molecule has 0 atom stereocenters. The van der Waals surface area contributed by atoms with Gasteiger partial charge >= 0.3 is 6.09 Å². The molecule has 28 heavy (non-hydrogen) atoms. The molecule has 1 fully saturated rings. The van der Waals surface area contributed by atoms with Crippen LogP contribution in [0, 0.1) is 0 Å². The van der Waals surface area contributed by atoms with Gasteiger partial charge in [-0.2, -0.15) is 0 Å². The lowest BCUT2D eigenvalue weighted by Gasteiger charge is -2.34. The SMILES string of the molecule is CCOc1cc2ncnc(Cl)c2cc1NC1CCN(C(=O)OC(C)(C)C)CC1. The number of rotatable bonds is 4. The lowest BCUT2D eigenvalue weighted by atomic mass is 10.0. The van der Waals surface area contributed by atoms with Crippen LogP contribution in [-0.4, -0.2) is 52.3 Å². The van der Waals surface area contributed by atoms with Crippen LogP contribution in [-0.2, 0) is 4.74 Å². The first-order valence-electron chi connectivity index (χ1n) is 9.58. The number of hydrogen-bond acceptors (Lipinski definition) is 6. The van der Waals surface area contributed by atoms with E-state index in [-0.39, 0.29) is 12.1 Å². The van der Waals surface area contributed by atoms with Gasteiger partial charge in [-0.3, -0.25) is 0 Å². The first-order valence-corrected chi connectivity index (χ1v) is 9.96. The summed E-state index contributed by atoms with van der Waals surface area (Å²) in [4.78, 5) is 22.3. The van der Waals surface area contributed by atoms with E-state index in [0.29, 0.717) is 24.8 Å². The van der Waals surface area contributed by atoms with Crippen LogP contribution >= 0.6 is 11.6 Å². The number of likely N-dealkylation sites (tertiary alicyclic amines) is 1. The summed E-state index contributed by atoms with van der Waals surface area (Å²) < 4.78 is 11.3. The maximum atomic E-state index is 12.2. The number of halogens is 1. The Bertz CT molecular complexity index is 845. The van der Waals surface area contributed by atoms with Crippen LogP contribution in [0.2, 0.25) is 5.15 Å². The summed E-state index contributed by atoms with van der Waals surface area (Å²) in [6.07, 6.45) is 2.83. The van der Waals surface area contributed by atoms with Gasteiger partial charge in [0.05, 0.1) is 17.8 Å². The fraction of sp³-hybridized carbons (Fsp3) is 0.550. The number of benzene rings is 1. The van der Waals surface area contributed by atoms with E-state index in [1.807, 2.05) is 39.8 Å². The molecular formula is C20H27ClN4O3. The third kappa shape index (κ3) is 4.95. The second-order valence-electron chi connectivity index (χ2n) is 7.85. The van der Waals surface area contributed by atoms with E-state index in [1.54, 1.807) is 4.90 Å². The predicted molar refractivity (Wildman–Crippen MR) is 110 cm³/mol. The van der Waals surface area contributed by atoms with Crippen LogP contribution in [0.15, 0.2) is 18.5 Å². The zero-order valence-electron chi connectivity index (χ0n) is 16.8. The topological polar surface area (TPSA) is 76.6 Å². The monoisotopic (exact) mass is 406 g/mol. The average Bonchev–Trinajstić information content (AvgIpc) is 2.62. The van der Waals surface area contributed by atoms with Crippen LogP contribution in [0.25, 0.3) is 10.9 Å². The molecule has 0 spiro atoms. The van der Waals surface area contributed by atoms with E-state index in [0.717, 1.165) is 35.2 Å². The first kappa shape index (κ1) is 20.5. The van der Waals surface area contributed by atoms with E-state index in [2.05, 4.69) is 15.3 Å². The van der Waals surface area contributed by atoms with Gasteiger partial charge in [-0.25, -0.2) is 14.8 Å². The molecule has 1 aromatic carbocycles. The molecule has 1 saturated heterocycles. The maximum absolute atomic E-state index is 12.2. The second-order valence-corrected chi connectivity index (χ2v) is 8.21. The second kappa shape index (κ2) is 8.39. The smallest absolute Gasteiger partial charge is 0.410 e. The summed E-state index contributed by atoms with van der Waals surface area (Å²) in [6, 6.07) is 4.03. The van der Waals surface area contributed by atoms with Crippen molar-refractivity contribution in [2.75, 3.05) is 25.0 Å². The summed E-state index contributed by atoms with van der Waals surface area (Å²) in [7, 11) is 0. The number of nitrogens with zero attached hydrogens (tertiary/aromatic N) is 3. The Morgan fingerprint density at radius 2 is 2.00 bits per heavy atom. The van der Waals surface area contributed by atoms with Gasteiger partial charge in [-0.05, 0) is 46.6 Å². The molecule has 8 heteroatoms. The molecule has 7 nitrogen and oxygen atoms in total. The predicted octanol–water partition coefficient (Wildman–Crippen LogP) is 4.49. The van der Waals surface area contributed by atoms with Gasteiger partial charge in [0.25, 0.3) is 0 Å². The van der Waals surface area contributed by atoms with E-state index in [1.165, 1.54) is 6.33 Å². The quantitative estimate of drug-likeness (QED) is 0.753. The number of carbonyl (C=O) groups excluding carboxylic acids is 1. The summed E-state index contributed by atoms with van der Waals surface area (Å²) in [5.74, 6) is 0.735. The van der Waals surface area contributed by atoms with E-state index < -0.39 is 5.60 Å². The molecule has 0 unspecified atom stereocenters. The highest BCUT2D eigenvalue weighted by Gasteiger charge is 2.27. The zero-order chi connectivity index (χ0) is 20.3. The van der Waals surface area contributed by atoms with Crippen molar-refractivity contribution in [3.05, 3.63) is 23.6 Å². The van der Waals surface area contributed by atoms with Gasteiger partial charge in [-0.1, -0.05) is 11.6 Å². The van der Waals surface area contributed by atoms with Crippen molar-refractivity contribution in [2.45, 2.75) is 52.2 Å². The van der Waals surface area contributed by atoms with Gasteiger partial charge in [0, 0.05) is 30.6 Å². The number of nitrogens with one attached hydrogen (secondary N) is 1. The number of ether oxygens (including phenoxy) is 2. The Labute approximate surface area is 170 Å².